The van der Waals surface area contributed by atoms with Gasteiger partial charge in [-0.05, 0) is 25.7 Å². The van der Waals surface area contributed by atoms with Crippen molar-refractivity contribution in [3.8, 4) is 0 Å². The van der Waals surface area contributed by atoms with Crippen LogP contribution in [0.5, 0.6) is 0 Å². The van der Waals surface area contributed by atoms with Crippen molar-refractivity contribution < 1.29 is 45.4 Å². The molecule has 1 aliphatic heterocycles. The van der Waals surface area contributed by atoms with Crippen LogP contribution >= 0.6 is 0 Å². The van der Waals surface area contributed by atoms with Gasteiger partial charge in [0.05, 0.1) is 24.4 Å². The molecule has 5 nitrogen and oxygen atoms in total. The van der Waals surface area contributed by atoms with Gasteiger partial charge in [0.2, 0.25) is 0 Å². The topological polar surface area (TPSA) is 64.6 Å². The van der Waals surface area contributed by atoms with E-state index < -0.39 is 58.2 Å². The Morgan fingerprint density at radius 1 is 0.828 bits per heavy atom. The maximum absolute atomic E-state index is 13.6. The van der Waals surface area contributed by atoms with Crippen LogP contribution in [0, 0.1) is 11.3 Å². The van der Waals surface area contributed by atoms with E-state index in [-0.39, 0.29) is 19.6 Å². The summed E-state index contributed by atoms with van der Waals surface area (Å²) >= 11 is 0. The molecular formula is C18H23F6NO4. The lowest BCUT2D eigenvalue weighted by atomic mass is 9.74. The van der Waals surface area contributed by atoms with Crippen LogP contribution in [0.3, 0.4) is 0 Å². The first-order valence-electron chi connectivity index (χ1n) is 8.78. The standard InChI is InChI=1S/C18H23F6NO4/c1-6-28-14(26)10-9(8-16(3,4)5)11(15(27)29-7-2)13(18(22,23)24)25-12(10)17(19,20)21/h9,25H,6-8H2,1-5H3. The summed E-state index contributed by atoms with van der Waals surface area (Å²) in [7, 11) is 0. The average Bonchev–Trinajstić information content (AvgIpc) is 2.50. The normalized spacial score (nSPS) is 16.7. The van der Waals surface area contributed by atoms with Crippen LogP contribution in [0.2, 0.25) is 0 Å². The number of carbonyl (C=O) groups is 2. The van der Waals surface area contributed by atoms with Crippen LogP contribution in [-0.4, -0.2) is 37.5 Å². The molecule has 1 heterocycles. The average molecular weight is 431 g/mol. The number of hydrogen-bond acceptors (Lipinski definition) is 5. The number of carbonyl (C=O) groups excluding carboxylic acids is 2. The number of allylic oxidation sites excluding steroid dienone is 2. The van der Waals surface area contributed by atoms with Crippen LogP contribution in [0.15, 0.2) is 22.5 Å². The first kappa shape index (κ1) is 24.8. The third-order valence-corrected chi connectivity index (χ3v) is 3.86. The lowest BCUT2D eigenvalue weighted by molar-refractivity contribution is -0.144. The SMILES string of the molecule is CCOC(=O)C1=C(C(F)(F)F)NC(C(F)(F)F)=C(C(=O)OCC)C1CC(C)(C)C. The third kappa shape index (κ3) is 6.14. The second-order valence-electron chi connectivity index (χ2n) is 7.46. The van der Waals surface area contributed by atoms with Crippen molar-refractivity contribution in [2.45, 2.75) is 53.4 Å². The van der Waals surface area contributed by atoms with Crippen molar-refractivity contribution in [1.82, 2.24) is 5.32 Å². The first-order valence-corrected chi connectivity index (χ1v) is 8.78. The van der Waals surface area contributed by atoms with Crippen molar-refractivity contribution in [2.75, 3.05) is 13.2 Å². The number of dihydropyridines is 1. The molecule has 0 unspecified atom stereocenters. The van der Waals surface area contributed by atoms with Gasteiger partial charge in [0.25, 0.3) is 0 Å². The molecule has 0 aliphatic carbocycles. The van der Waals surface area contributed by atoms with Crippen molar-refractivity contribution >= 4 is 11.9 Å². The van der Waals surface area contributed by atoms with Gasteiger partial charge in [0.1, 0.15) is 11.4 Å². The molecule has 0 amide bonds. The van der Waals surface area contributed by atoms with Crippen molar-refractivity contribution in [3.05, 3.63) is 22.5 Å². The summed E-state index contributed by atoms with van der Waals surface area (Å²) in [5.74, 6) is -4.74. The number of rotatable bonds is 5. The fraction of sp³-hybridized carbons (Fsp3) is 0.667. The van der Waals surface area contributed by atoms with Crippen molar-refractivity contribution in [1.29, 1.82) is 0 Å². The van der Waals surface area contributed by atoms with Gasteiger partial charge in [-0.2, -0.15) is 26.3 Å². The number of alkyl halides is 6. The lowest BCUT2D eigenvalue weighted by Gasteiger charge is -2.36. The molecule has 1 rings (SSSR count). The van der Waals surface area contributed by atoms with Gasteiger partial charge < -0.3 is 14.8 Å². The number of hydrogen-bond donors (Lipinski definition) is 1. The lowest BCUT2D eigenvalue weighted by Crippen LogP contribution is -2.44. The Hall–Kier alpha value is -2.20. The monoisotopic (exact) mass is 431 g/mol. The molecule has 0 spiro atoms. The Morgan fingerprint density at radius 2 is 1.17 bits per heavy atom. The Morgan fingerprint density at radius 3 is 1.41 bits per heavy atom. The Balaban J connectivity index is 3.90. The van der Waals surface area contributed by atoms with E-state index >= 15 is 0 Å². The van der Waals surface area contributed by atoms with E-state index in [0.29, 0.717) is 0 Å². The van der Waals surface area contributed by atoms with Crippen molar-refractivity contribution in [3.63, 3.8) is 0 Å². The number of nitrogens with one attached hydrogen (secondary N) is 1. The minimum absolute atomic E-state index is 0.305. The second-order valence-corrected chi connectivity index (χ2v) is 7.46. The molecular weight excluding hydrogens is 408 g/mol. The number of halogens is 6. The molecule has 0 fully saturated rings. The fourth-order valence-electron chi connectivity index (χ4n) is 2.92. The molecule has 0 aromatic rings. The summed E-state index contributed by atoms with van der Waals surface area (Å²) in [6, 6.07) is 0. The van der Waals surface area contributed by atoms with E-state index in [9.17, 15) is 35.9 Å². The van der Waals surface area contributed by atoms with Crippen LogP contribution in [0.1, 0.15) is 41.0 Å². The number of ether oxygens (including phenoxy) is 2. The van der Waals surface area contributed by atoms with Gasteiger partial charge in [-0.15, -0.1) is 0 Å². The Bertz CT molecular complexity index is 661. The van der Waals surface area contributed by atoms with Gasteiger partial charge >= 0.3 is 24.3 Å². The fourth-order valence-corrected chi connectivity index (χ4v) is 2.92. The largest absolute Gasteiger partial charge is 0.463 e. The van der Waals surface area contributed by atoms with Gasteiger partial charge in [-0.1, -0.05) is 20.8 Å². The molecule has 0 atom stereocenters. The minimum atomic E-state index is -5.32. The molecule has 0 aromatic heterocycles. The van der Waals surface area contributed by atoms with E-state index in [1.165, 1.54) is 19.2 Å². The van der Waals surface area contributed by atoms with Crippen LogP contribution in [0.4, 0.5) is 26.3 Å². The van der Waals surface area contributed by atoms with E-state index in [2.05, 4.69) is 9.47 Å². The maximum Gasteiger partial charge on any atom is 0.431 e. The van der Waals surface area contributed by atoms with Crippen molar-refractivity contribution in [2.24, 2.45) is 11.3 Å². The highest BCUT2D eigenvalue weighted by Crippen LogP contribution is 2.46. The summed E-state index contributed by atoms with van der Waals surface area (Å²) in [5.41, 5.74) is -6.79. The van der Waals surface area contributed by atoms with Crippen LogP contribution < -0.4 is 5.32 Å². The van der Waals surface area contributed by atoms with Gasteiger partial charge in [-0.25, -0.2) is 9.59 Å². The Kier molecular flexibility index (Phi) is 7.42. The summed E-state index contributed by atoms with van der Waals surface area (Å²) < 4.78 is 90.9. The first-order chi connectivity index (χ1) is 13.0. The third-order valence-electron chi connectivity index (χ3n) is 3.86. The van der Waals surface area contributed by atoms with Gasteiger partial charge in [-0.3, -0.25) is 0 Å². The molecule has 0 aromatic carbocycles. The van der Waals surface area contributed by atoms with E-state index in [1.807, 2.05) is 0 Å². The highest BCUT2D eigenvalue weighted by molar-refractivity contribution is 5.98. The van der Waals surface area contributed by atoms with Crippen LogP contribution in [0.25, 0.3) is 0 Å². The summed E-state index contributed by atoms with van der Waals surface area (Å²) in [6.07, 6.45) is -11.0. The second kappa shape index (κ2) is 8.66. The highest BCUT2D eigenvalue weighted by Gasteiger charge is 2.53. The zero-order chi connectivity index (χ0) is 22.8. The van der Waals surface area contributed by atoms with E-state index in [0.717, 1.165) is 0 Å². The zero-order valence-corrected chi connectivity index (χ0v) is 16.6. The maximum atomic E-state index is 13.6. The van der Waals surface area contributed by atoms with Gasteiger partial charge in [0.15, 0.2) is 0 Å². The zero-order valence-electron chi connectivity index (χ0n) is 16.6. The van der Waals surface area contributed by atoms with Gasteiger partial charge in [0, 0.05) is 5.92 Å². The number of esters is 2. The molecule has 1 aliphatic rings. The Labute approximate surface area is 164 Å². The molecule has 1 N–H and O–H groups in total. The quantitative estimate of drug-likeness (QED) is 0.516. The smallest absolute Gasteiger partial charge is 0.431 e. The summed E-state index contributed by atoms with van der Waals surface area (Å²) in [5, 5.41) is 1.24. The molecule has 166 valence electrons. The molecule has 0 bridgehead atoms. The summed E-state index contributed by atoms with van der Waals surface area (Å²) in [4.78, 5) is 24.7. The molecule has 0 saturated carbocycles. The molecule has 29 heavy (non-hydrogen) atoms. The molecule has 11 heteroatoms. The van der Waals surface area contributed by atoms with E-state index in [4.69, 9.17) is 0 Å². The minimum Gasteiger partial charge on any atom is -0.463 e. The predicted octanol–water partition coefficient (Wildman–Crippen LogP) is 4.40. The predicted molar refractivity (Wildman–Crippen MR) is 90.1 cm³/mol. The molecule has 0 radical (unpaired) electrons. The highest BCUT2D eigenvalue weighted by atomic mass is 19.4. The van der Waals surface area contributed by atoms with E-state index in [1.54, 1.807) is 20.8 Å². The summed E-state index contributed by atoms with van der Waals surface area (Å²) in [6.45, 7) is 6.73. The molecule has 0 saturated heterocycles. The van der Waals surface area contributed by atoms with Crippen LogP contribution in [-0.2, 0) is 19.1 Å².